The van der Waals surface area contributed by atoms with E-state index in [1.807, 2.05) is 36.4 Å². The zero-order valence-corrected chi connectivity index (χ0v) is 17.6. The minimum atomic E-state index is -0.119. The zero-order chi connectivity index (χ0) is 20.8. The summed E-state index contributed by atoms with van der Waals surface area (Å²) >= 11 is 0. The number of amides is 1. The van der Waals surface area contributed by atoms with Crippen molar-refractivity contribution in [1.82, 2.24) is 10.2 Å². The van der Waals surface area contributed by atoms with Crippen molar-refractivity contribution in [2.75, 3.05) is 13.1 Å². The lowest BCUT2D eigenvalue weighted by atomic mass is 9.94. The smallest absolute Gasteiger partial charge is 0.225 e. The van der Waals surface area contributed by atoms with E-state index in [0.29, 0.717) is 0 Å². The molecular weight excluding hydrogens is 368 g/mol. The van der Waals surface area contributed by atoms with E-state index < -0.39 is 0 Å². The molecule has 3 aromatic rings. The van der Waals surface area contributed by atoms with Gasteiger partial charge in [0.25, 0.3) is 0 Å². The van der Waals surface area contributed by atoms with Gasteiger partial charge in [0.05, 0.1) is 12.0 Å². The minimum Gasteiger partial charge on any atom is -0.345 e. The maximum atomic E-state index is 13.3. The molecule has 1 N–H and O–H groups in total. The number of hydrogen-bond donors (Lipinski definition) is 1. The molecule has 0 bridgehead atoms. The molecule has 3 nitrogen and oxygen atoms in total. The fourth-order valence-corrected chi connectivity index (χ4v) is 4.35. The van der Waals surface area contributed by atoms with Crippen molar-refractivity contribution < 1.29 is 4.79 Å². The summed E-state index contributed by atoms with van der Waals surface area (Å²) in [5.74, 6) is 0.180. The van der Waals surface area contributed by atoms with Crippen molar-refractivity contribution in [3.05, 3.63) is 107 Å². The molecule has 1 amide bonds. The van der Waals surface area contributed by atoms with Crippen LogP contribution in [0.5, 0.6) is 0 Å². The molecule has 3 aromatic carbocycles. The molecule has 154 valence electrons. The van der Waals surface area contributed by atoms with E-state index in [4.69, 9.17) is 0 Å². The molecule has 0 radical (unpaired) electrons. The number of hydrogen-bond acceptors (Lipinski definition) is 2. The molecule has 1 fully saturated rings. The summed E-state index contributed by atoms with van der Waals surface area (Å²) in [7, 11) is 0. The van der Waals surface area contributed by atoms with Gasteiger partial charge in [0.1, 0.15) is 0 Å². The molecule has 1 aliphatic rings. The average molecular weight is 399 g/mol. The van der Waals surface area contributed by atoms with Gasteiger partial charge in [-0.3, -0.25) is 9.69 Å². The third-order valence-electron chi connectivity index (χ3n) is 6.08. The van der Waals surface area contributed by atoms with E-state index in [1.165, 1.54) is 11.1 Å². The topological polar surface area (TPSA) is 32.3 Å². The highest BCUT2D eigenvalue weighted by Gasteiger charge is 2.28. The van der Waals surface area contributed by atoms with Crippen LogP contribution in [0.4, 0.5) is 0 Å². The Bertz CT molecular complexity index is 915. The Hall–Kier alpha value is -2.91. The SMILES string of the molecule is Cc1ccccc1CN1CCCC(C(=O)NC(c2ccccc2)c2ccccc2)C1. The molecule has 1 atom stereocenters. The monoisotopic (exact) mass is 398 g/mol. The molecule has 1 saturated heterocycles. The molecule has 1 aliphatic heterocycles. The Morgan fingerprint density at radius 1 is 0.933 bits per heavy atom. The lowest BCUT2D eigenvalue weighted by Crippen LogP contribution is -2.43. The quantitative estimate of drug-likeness (QED) is 0.626. The molecule has 0 aromatic heterocycles. The first kappa shape index (κ1) is 20.4. The molecule has 1 unspecified atom stereocenters. The minimum absolute atomic E-state index is 0.0256. The highest BCUT2D eigenvalue weighted by molar-refractivity contribution is 5.80. The molecular formula is C27H30N2O. The van der Waals surface area contributed by atoms with Crippen LogP contribution < -0.4 is 5.32 Å². The number of piperidine rings is 1. The van der Waals surface area contributed by atoms with Gasteiger partial charge in [-0.1, -0.05) is 84.9 Å². The summed E-state index contributed by atoms with van der Waals surface area (Å²) in [6.45, 7) is 4.94. The standard InChI is InChI=1S/C27H30N2O/c1-21-11-8-9-16-24(21)19-29-18-10-17-25(20-29)27(30)28-26(22-12-4-2-5-13-22)23-14-6-3-7-15-23/h2-9,11-16,25-26H,10,17-20H2,1H3,(H,28,30). The van der Waals surface area contributed by atoms with Gasteiger partial charge in [-0.25, -0.2) is 0 Å². The fraction of sp³-hybridized carbons (Fsp3) is 0.296. The molecule has 4 rings (SSSR count). The molecule has 30 heavy (non-hydrogen) atoms. The Labute approximate surface area is 179 Å². The van der Waals surface area contributed by atoms with Gasteiger partial charge in [0.2, 0.25) is 5.91 Å². The summed E-state index contributed by atoms with van der Waals surface area (Å²) in [6, 6.07) is 28.9. The van der Waals surface area contributed by atoms with Gasteiger partial charge in [-0.15, -0.1) is 0 Å². The van der Waals surface area contributed by atoms with Crippen LogP contribution in [-0.4, -0.2) is 23.9 Å². The van der Waals surface area contributed by atoms with Crippen LogP contribution in [0.2, 0.25) is 0 Å². The van der Waals surface area contributed by atoms with Crippen molar-refractivity contribution in [2.24, 2.45) is 5.92 Å². The predicted octanol–water partition coefficient (Wildman–Crippen LogP) is 5.11. The van der Waals surface area contributed by atoms with Crippen molar-refractivity contribution in [2.45, 2.75) is 32.4 Å². The maximum absolute atomic E-state index is 13.3. The number of nitrogens with one attached hydrogen (secondary N) is 1. The number of rotatable bonds is 6. The van der Waals surface area contributed by atoms with Gasteiger partial charge in [-0.05, 0) is 48.6 Å². The van der Waals surface area contributed by atoms with Crippen LogP contribution in [0.25, 0.3) is 0 Å². The third kappa shape index (κ3) is 4.98. The van der Waals surface area contributed by atoms with E-state index in [9.17, 15) is 4.79 Å². The van der Waals surface area contributed by atoms with E-state index in [2.05, 4.69) is 65.7 Å². The van der Waals surface area contributed by atoms with Crippen LogP contribution in [0.3, 0.4) is 0 Å². The Kier molecular flexibility index (Phi) is 6.60. The van der Waals surface area contributed by atoms with Crippen LogP contribution >= 0.6 is 0 Å². The van der Waals surface area contributed by atoms with Crippen molar-refractivity contribution in [3.63, 3.8) is 0 Å². The number of nitrogens with zero attached hydrogens (tertiary/aromatic N) is 1. The van der Waals surface area contributed by atoms with Crippen LogP contribution in [0.1, 0.15) is 41.1 Å². The third-order valence-corrected chi connectivity index (χ3v) is 6.08. The lowest BCUT2D eigenvalue weighted by molar-refractivity contribution is -0.127. The second-order valence-electron chi connectivity index (χ2n) is 8.26. The number of aryl methyl sites for hydroxylation is 1. The number of likely N-dealkylation sites (tertiary alicyclic amines) is 1. The first-order chi connectivity index (χ1) is 14.7. The van der Waals surface area contributed by atoms with Gasteiger partial charge in [0, 0.05) is 13.1 Å². The predicted molar refractivity (Wildman–Crippen MR) is 122 cm³/mol. The second kappa shape index (κ2) is 9.73. The van der Waals surface area contributed by atoms with E-state index in [1.54, 1.807) is 0 Å². The summed E-state index contributed by atoms with van der Waals surface area (Å²) in [5, 5.41) is 3.35. The Balaban J connectivity index is 1.46. The fourth-order valence-electron chi connectivity index (χ4n) is 4.35. The summed E-state index contributed by atoms with van der Waals surface area (Å²) in [4.78, 5) is 15.7. The number of carbonyl (C=O) groups is 1. The van der Waals surface area contributed by atoms with Crippen molar-refractivity contribution >= 4 is 5.91 Å². The summed E-state index contributed by atoms with van der Waals surface area (Å²) < 4.78 is 0. The van der Waals surface area contributed by atoms with Gasteiger partial charge < -0.3 is 5.32 Å². The summed E-state index contributed by atoms with van der Waals surface area (Å²) in [6.07, 6.45) is 2.01. The van der Waals surface area contributed by atoms with E-state index in [-0.39, 0.29) is 17.9 Å². The molecule has 0 aliphatic carbocycles. The first-order valence-electron chi connectivity index (χ1n) is 10.9. The summed E-state index contributed by atoms with van der Waals surface area (Å²) in [5.41, 5.74) is 4.90. The van der Waals surface area contributed by atoms with Gasteiger partial charge in [0.15, 0.2) is 0 Å². The molecule has 0 spiro atoms. The van der Waals surface area contributed by atoms with E-state index >= 15 is 0 Å². The highest BCUT2D eigenvalue weighted by Crippen LogP contribution is 2.25. The molecule has 1 heterocycles. The number of carbonyl (C=O) groups excluding carboxylic acids is 1. The van der Waals surface area contributed by atoms with Crippen molar-refractivity contribution in [1.29, 1.82) is 0 Å². The lowest BCUT2D eigenvalue weighted by Gasteiger charge is -2.33. The average Bonchev–Trinajstić information content (AvgIpc) is 2.80. The number of benzene rings is 3. The Morgan fingerprint density at radius 3 is 2.17 bits per heavy atom. The first-order valence-corrected chi connectivity index (χ1v) is 10.9. The maximum Gasteiger partial charge on any atom is 0.225 e. The normalized spacial score (nSPS) is 17.1. The van der Waals surface area contributed by atoms with Gasteiger partial charge in [-0.2, -0.15) is 0 Å². The van der Waals surface area contributed by atoms with Crippen LogP contribution in [0.15, 0.2) is 84.9 Å². The highest BCUT2D eigenvalue weighted by atomic mass is 16.2. The van der Waals surface area contributed by atoms with Gasteiger partial charge >= 0.3 is 0 Å². The van der Waals surface area contributed by atoms with E-state index in [0.717, 1.165) is 43.6 Å². The zero-order valence-electron chi connectivity index (χ0n) is 17.6. The largest absolute Gasteiger partial charge is 0.345 e. The molecule has 0 saturated carbocycles. The van der Waals surface area contributed by atoms with Crippen LogP contribution in [0, 0.1) is 12.8 Å². The van der Waals surface area contributed by atoms with Crippen LogP contribution in [-0.2, 0) is 11.3 Å². The van der Waals surface area contributed by atoms with Crippen molar-refractivity contribution in [3.8, 4) is 0 Å². The molecule has 3 heteroatoms. The Morgan fingerprint density at radius 2 is 1.53 bits per heavy atom. The second-order valence-corrected chi connectivity index (χ2v) is 8.26.